The van der Waals surface area contributed by atoms with Crippen molar-refractivity contribution in [3.8, 4) is 0 Å². The molecule has 0 amide bonds. The Hall–Kier alpha value is -1.10. The predicted molar refractivity (Wildman–Crippen MR) is 64.8 cm³/mol. The van der Waals surface area contributed by atoms with Crippen molar-refractivity contribution in [2.24, 2.45) is 0 Å². The molecule has 16 heavy (non-hydrogen) atoms. The van der Waals surface area contributed by atoms with Crippen LogP contribution in [0.5, 0.6) is 0 Å². The Bertz CT molecular complexity index is 429. The summed E-state index contributed by atoms with van der Waals surface area (Å²) in [5, 5.41) is 0.0199. The Morgan fingerprint density at radius 1 is 1.31 bits per heavy atom. The molecule has 0 fully saturated rings. The number of anilines is 1. The quantitative estimate of drug-likeness (QED) is 0.774. The Morgan fingerprint density at radius 2 is 2.06 bits per heavy atom. The van der Waals surface area contributed by atoms with Gasteiger partial charge in [-0.1, -0.05) is 26.2 Å². The van der Waals surface area contributed by atoms with Gasteiger partial charge in [0.15, 0.2) is 14.9 Å². The molecule has 1 aromatic heterocycles. The molecule has 2 N–H and O–H groups in total. The summed E-state index contributed by atoms with van der Waals surface area (Å²) in [5.41, 5.74) is 5.83. The first-order valence-corrected chi connectivity index (χ1v) is 7.16. The molecule has 1 heterocycles. The summed E-state index contributed by atoms with van der Waals surface area (Å²) >= 11 is 0. The van der Waals surface area contributed by atoms with E-state index in [4.69, 9.17) is 5.73 Å². The van der Waals surface area contributed by atoms with Gasteiger partial charge in [-0.3, -0.25) is 0 Å². The highest BCUT2D eigenvalue weighted by atomic mass is 32.2. The summed E-state index contributed by atoms with van der Waals surface area (Å²) in [4.78, 5) is 3.84. The molecule has 0 atom stereocenters. The number of hydrogen-bond donors (Lipinski definition) is 1. The van der Waals surface area contributed by atoms with Crippen LogP contribution in [-0.4, -0.2) is 19.2 Å². The van der Waals surface area contributed by atoms with Crippen LogP contribution in [-0.2, 0) is 9.84 Å². The molecule has 0 aliphatic rings. The molecule has 0 aliphatic carbocycles. The van der Waals surface area contributed by atoms with Crippen LogP contribution in [0.2, 0.25) is 0 Å². The summed E-state index contributed by atoms with van der Waals surface area (Å²) in [6.45, 7) is 2.09. The van der Waals surface area contributed by atoms with Gasteiger partial charge in [0.05, 0.1) is 11.4 Å². The van der Waals surface area contributed by atoms with Crippen LogP contribution in [0, 0.1) is 0 Å². The summed E-state index contributed by atoms with van der Waals surface area (Å²) in [6, 6.07) is 3.19. The van der Waals surface area contributed by atoms with Gasteiger partial charge in [0.25, 0.3) is 0 Å². The molecular formula is C11H18N2O2S. The maximum Gasteiger partial charge on any atom is 0.197 e. The van der Waals surface area contributed by atoms with E-state index in [9.17, 15) is 8.42 Å². The number of pyridine rings is 1. The second-order valence-electron chi connectivity index (χ2n) is 3.78. The number of aromatic nitrogens is 1. The third-order valence-electron chi connectivity index (χ3n) is 2.36. The smallest absolute Gasteiger partial charge is 0.197 e. The number of unbranched alkanes of at least 4 members (excludes halogenated alkanes) is 3. The van der Waals surface area contributed by atoms with Crippen molar-refractivity contribution in [1.29, 1.82) is 0 Å². The fourth-order valence-corrected chi connectivity index (χ4v) is 2.90. The number of nitrogens with zero attached hydrogens (tertiary/aromatic N) is 1. The van der Waals surface area contributed by atoms with Gasteiger partial charge in [0, 0.05) is 6.20 Å². The van der Waals surface area contributed by atoms with E-state index in [1.807, 2.05) is 0 Å². The molecule has 1 aromatic rings. The molecule has 0 saturated heterocycles. The first-order chi connectivity index (χ1) is 7.58. The molecule has 0 aromatic carbocycles. The van der Waals surface area contributed by atoms with E-state index in [0.717, 1.165) is 19.3 Å². The molecule has 4 nitrogen and oxygen atoms in total. The number of nitrogens with two attached hydrogens (primary N) is 1. The average Bonchev–Trinajstić information content (AvgIpc) is 2.25. The lowest BCUT2D eigenvalue weighted by Crippen LogP contribution is -2.11. The fraction of sp³-hybridized carbons (Fsp3) is 0.545. The predicted octanol–water partition coefficient (Wildman–Crippen LogP) is 2.02. The first kappa shape index (κ1) is 13.0. The van der Waals surface area contributed by atoms with Crippen molar-refractivity contribution in [3.63, 3.8) is 0 Å². The van der Waals surface area contributed by atoms with Crippen molar-refractivity contribution in [2.75, 3.05) is 11.5 Å². The van der Waals surface area contributed by atoms with Gasteiger partial charge in [0.1, 0.15) is 0 Å². The van der Waals surface area contributed by atoms with Crippen LogP contribution in [0.4, 0.5) is 5.69 Å². The van der Waals surface area contributed by atoms with E-state index in [0.29, 0.717) is 6.42 Å². The zero-order valence-electron chi connectivity index (χ0n) is 9.52. The SMILES string of the molecule is CCCCCCS(=O)(=O)c1ncccc1N. The monoisotopic (exact) mass is 242 g/mol. The van der Waals surface area contributed by atoms with Gasteiger partial charge in [0.2, 0.25) is 0 Å². The fourth-order valence-electron chi connectivity index (χ4n) is 1.48. The summed E-state index contributed by atoms with van der Waals surface area (Å²) in [6.07, 6.45) is 5.21. The van der Waals surface area contributed by atoms with Crippen LogP contribution in [0.25, 0.3) is 0 Å². The van der Waals surface area contributed by atoms with Crippen LogP contribution in [0.15, 0.2) is 23.4 Å². The van der Waals surface area contributed by atoms with Crippen LogP contribution < -0.4 is 5.73 Å². The van der Waals surface area contributed by atoms with E-state index < -0.39 is 9.84 Å². The van der Waals surface area contributed by atoms with Crippen LogP contribution >= 0.6 is 0 Å². The molecule has 0 radical (unpaired) electrons. The minimum absolute atomic E-state index is 0.0199. The molecule has 0 aliphatic heterocycles. The lowest BCUT2D eigenvalue weighted by atomic mass is 10.2. The third-order valence-corrected chi connectivity index (χ3v) is 4.12. The number of sulfone groups is 1. The minimum Gasteiger partial charge on any atom is -0.396 e. The van der Waals surface area contributed by atoms with E-state index in [-0.39, 0.29) is 16.5 Å². The topological polar surface area (TPSA) is 73.0 Å². The lowest BCUT2D eigenvalue weighted by molar-refractivity contribution is 0.586. The van der Waals surface area contributed by atoms with Crippen LogP contribution in [0.1, 0.15) is 32.6 Å². The molecule has 5 heteroatoms. The van der Waals surface area contributed by atoms with E-state index in [1.54, 1.807) is 12.1 Å². The summed E-state index contributed by atoms with van der Waals surface area (Å²) in [7, 11) is -3.31. The minimum atomic E-state index is -3.31. The Kier molecular flexibility index (Phi) is 4.73. The van der Waals surface area contributed by atoms with Crippen LogP contribution in [0.3, 0.4) is 0 Å². The van der Waals surface area contributed by atoms with E-state index >= 15 is 0 Å². The third kappa shape index (κ3) is 3.48. The van der Waals surface area contributed by atoms with Gasteiger partial charge < -0.3 is 5.73 Å². The maximum atomic E-state index is 11.9. The van der Waals surface area contributed by atoms with E-state index in [1.165, 1.54) is 6.20 Å². The normalized spacial score (nSPS) is 11.6. The Morgan fingerprint density at radius 3 is 2.69 bits per heavy atom. The second kappa shape index (κ2) is 5.84. The van der Waals surface area contributed by atoms with Gasteiger partial charge in [-0.05, 0) is 18.6 Å². The zero-order valence-corrected chi connectivity index (χ0v) is 10.3. The van der Waals surface area contributed by atoms with Crippen molar-refractivity contribution in [3.05, 3.63) is 18.3 Å². The Labute approximate surface area is 96.8 Å². The van der Waals surface area contributed by atoms with Crippen molar-refractivity contribution in [2.45, 2.75) is 37.6 Å². The molecule has 90 valence electrons. The zero-order chi connectivity index (χ0) is 12.0. The molecule has 0 unspecified atom stereocenters. The Balaban J connectivity index is 2.68. The lowest BCUT2D eigenvalue weighted by Gasteiger charge is -2.05. The summed E-state index contributed by atoms with van der Waals surface area (Å²) in [5.74, 6) is 0.133. The molecule has 1 rings (SSSR count). The summed E-state index contributed by atoms with van der Waals surface area (Å²) < 4.78 is 23.7. The van der Waals surface area contributed by atoms with Crippen molar-refractivity contribution < 1.29 is 8.42 Å². The van der Waals surface area contributed by atoms with E-state index in [2.05, 4.69) is 11.9 Å². The van der Waals surface area contributed by atoms with Gasteiger partial charge in [-0.25, -0.2) is 13.4 Å². The highest BCUT2D eigenvalue weighted by Gasteiger charge is 2.18. The molecule has 0 bridgehead atoms. The maximum absolute atomic E-state index is 11.9. The number of hydrogen-bond acceptors (Lipinski definition) is 4. The second-order valence-corrected chi connectivity index (χ2v) is 5.80. The highest BCUT2D eigenvalue weighted by Crippen LogP contribution is 2.17. The molecular weight excluding hydrogens is 224 g/mol. The molecule has 0 saturated carbocycles. The number of rotatable bonds is 6. The average molecular weight is 242 g/mol. The van der Waals surface area contributed by atoms with Crippen molar-refractivity contribution in [1.82, 2.24) is 4.98 Å². The first-order valence-electron chi connectivity index (χ1n) is 5.51. The van der Waals surface area contributed by atoms with Crippen molar-refractivity contribution >= 4 is 15.5 Å². The standard InChI is InChI=1S/C11H18N2O2S/c1-2-3-4-5-9-16(14,15)11-10(12)7-6-8-13-11/h6-8H,2-5,9,12H2,1H3. The largest absolute Gasteiger partial charge is 0.396 e. The van der Waals surface area contributed by atoms with Gasteiger partial charge in [-0.2, -0.15) is 0 Å². The molecule has 0 spiro atoms. The van der Waals surface area contributed by atoms with Gasteiger partial charge in [-0.15, -0.1) is 0 Å². The van der Waals surface area contributed by atoms with Gasteiger partial charge >= 0.3 is 0 Å². The number of nitrogen functional groups attached to an aromatic ring is 1. The highest BCUT2D eigenvalue weighted by molar-refractivity contribution is 7.91.